The predicted molar refractivity (Wildman–Crippen MR) is 94.3 cm³/mol. The van der Waals surface area contributed by atoms with E-state index in [1.807, 2.05) is 34.9 Å². The molecule has 0 aliphatic heterocycles. The minimum Gasteiger partial charge on any atom is -0.355 e. The van der Waals surface area contributed by atoms with Crippen molar-refractivity contribution >= 4 is 17.7 Å². The highest BCUT2D eigenvalue weighted by Gasteiger charge is 2.14. The van der Waals surface area contributed by atoms with Crippen molar-refractivity contribution in [2.24, 2.45) is 0 Å². The van der Waals surface area contributed by atoms with Crippen LogP contribution in [0.5, 0.6) is 0 Å². The molecule has 0 bridgehead atoms. The van der Waals surface area contributed by atoms with E-state index in [9.17, 15) is 4.79 Å². The standard InChI is InChI=1S/C17H22N4OS/c1-3-5-11-18-15(22)13-23-17-20-19-16(21(17)12-4-2)14-9-7-6-8-10-14/h4,6-10H,2-3,5,11-13H2,1H3,(H,18,22). The predicted octanol–water partition coefficient (Wildman–Crippen LogP) is 3.14. The fraction of sp³-hybridized carbons (Fsp3) is 0.353. The lowest BCUT2D eigenvalue weighted by molar-refractivity contribution is -0.118. The number of nitrogens with zero attached hydrogens (tertiary/aromatic N) is 3. The summed E-state index contributed by atoms with van der Waals surface area (Å²) in [6.07, 6.45) is 3.88. The number of thioether (sulfide) groups is 1. The van der Waals surface area contributed by atoms with Crippen molar-refractivity contribution in [3.8, 4) is 11.4 Å². The van der Waals surface area contributed by atoms with Gasteiger partial charge in [0.25, 0.3) is 0 Å². The number of benzene rings is 1. The van der Waals surface area contributed by atoms with Gasteiger partial charge in [-0.1, -0.05) is 61.5 Å². The van der Waals surface area contributed by atoms with Crippen molar-refractivity contribution in [1.29, 1.82) is 0 Å². The van der Waals surface area contributed by atoms with E-state index in [2.05, 4.69) is 29.0 Å². The van der Waals surface area contributed by atoms with Crippen molar-refractivity contribution in [3.05, 3.63) is 43.0 Å². The van der Waals surface area contributed by atoms with Gasteiger partial charge in [-0.2, -0.15) is 0 Å². The number of unbranched alkanes of at least 4 members (excludes halogenated alkanes) is 1. The molecule has 0 aliphatic rings. The van der Waals surface area contributed by atoms with E-state index < -0.39 is 0 Å². The van der Waals surface area contributed by atoms with E-state index in [0.29, 0.717) is 12.3 Å². The lowest BCUT2D eigenvalue weighted by atomic mass is 10.2. The van der Waals surface area contributed by atoms with E-state index in [-0.39, 0.29) is 5.91 Å². The van der Waals surface area contributed by atoms with Gasteiger partial charge < -0.3 is 5.32 Å². The number of aromatic nitrogens is 3. The maximum Gasteiger partial charge on any atom is 0.230 e. The molecule has 0 saturated heterocycles. The Bertz CT molecular complexity index is 639. The summed E-state index contributed by atoms with van der Waals surface area (Å²) in [6, 6.07) is 9.89. The highest BCUT2D eigenvalue weighted by atomic mass is 32.2. The molecule has 1 heterocycles. The molecule has 23 heavy (non-hydrogen) atoms. The Balaban J connectivity index is 2.06. The Kier molecular flexibility index (Phi) is 6.87. The quantitative estimate of drug-likeness (QED) is 0.436. The lowest BCUT2D eigenvalue weighted by Crippen LogP contribution is -2.26. The summed E-state index contributed by atoms with van der Waals surface area (Å²) in [4.78, 5) is 11.8. The monoisotopic (exact) mass is 330 g/mol. The van der Waals surface area contributed by atoms with Crippen LogP contribution in [0.1, 0.15) is 19.8 Å². The summed E-state index contributed by atoms with van der Waals surface area (Å²) in [7, 11) is 0. The molecule has 0 atom stereocenters. The van der Waals surface area contributed by atoms with Crippen molar-refractivity contribution < 1.29 is 4.79 Å². The molecule has 122 valence electrons. The molecule has 0 radical (unpaired) electrons. The zero-order valence-electron chi connectivity index (χ0n) is 13.4. The maximum atomic E-state index is 11.8. The van der Waals surface area contributed by atoms with Crippen LogP contribution in [-0.4, -0.2) is 33.0 Å². The molecular formula is C17H22N4OS. The number of amides is 1. The highest BCUT2D eigenvalue weighted by Crippen LogP contribution is 2.23. The molecule has 1 N–H and O–H groups in total. The molecule has 0 aliphatic carbocycles. The third-order valence-corrected chi connectivity index (χ3v) is 4.21. The van der Waals surface area contributed by atoms with Crippen LogP contribution in [0, 0.1) is 0 Å². The second kappa shape index (κ2) is 9.15. The number of nitrogens with one attached hydrogen (secondary N) is 1. The summed E-state index contributed by atoms with van der Waals surface area (Å²) in [5.41, 5.74) is 1.00. The molecule has 2 aromatic rings. The lowest BCUT2D eigenvalue weighted by Gasteiger charge is -2.08. The van der Waals surface area contributed by atoms with Gasteiger partial charge in [0.1, 0.15) is 0 Å². The Morgan fingerprint density at radius 3 is 2.83 bits per heavy atom. The Morgan fingerprint density at radius 1 is 1.35 bits per heavy atom. The fourth-order valence-electron chi connectivity index (χ4n) is 2.08. The van der Waals surface area contributed by atoms with Gasteiger partial charge in [0.2, 0.25) is 5.91 Å². The van der Waals surface area contributed by atoms with Crippen molar-refractivity contribution in [3.63, 3.8) is 0 Å². The fourth-order valence-corrected chi connectivity index (χ4v) is 2.85. The van der Waals surface area contributed by atoms with Gasteiger partial charge in [0.15, 0.2) is 11.0 Å². The maximum absolute atomic E-state index is 11.8. The van der Waals surface area contributed by atoms with Crippen LogP contribution in [-0.2, 0) is 11.3 Å². The first kappa shape index (κ1) is 17.3. The zero-order valence-corrected chi connectivity index (χ0v) is 14.2. The highest BCUT2D eigenvalue weighted by molar-refractivity contribution is 7.99. The van der Waals surface area contributed by atoms with E-state index in [4.69, 9.17) is 0 Å². The first-order valence-electron chi connectivity index (χ1n) is 7.75. The third kappa shape index (κ3) is 4.96. The Labute approximate surface area is 141 Å². The van der Waals surface area contributed by atoms with E-state index >= 15 is 0 Å². The van der Waals surface area contributed by atoms with Crippen LogP contribution in [0.3, 0.4) is 0 Å². The van der Waals surface area contributed by atoms with Gasteiger partial charge in [0.05, 0.1) is 5.75 Å². The summed E-state index contributed by atoms with van der Waals surface area (Å²) in [6.45, 7) is 7.23. The second-order valence-electron chi connectivity index (χ2n) is 5.06. The molecule has 0 unspecified atom stereocenters. The summed E-state index contributed by atoms with van der Waals surface area (Å²) in [5.74, 6) is 1.16. The largest absolute Gasteiger partial charge is 0.355 e. The minimum atomic E-state index is 0.0258. The number of hydrogen-bond acceptors (Lipinski definition) is 4. The molecule has 1 aromatic carbocycles. The average molecular weight is 330 g/mol. The van der Waals surface area contributed by atoms with Gasteiger partial charge in [0, 0.05) is 18.7 Å². The van der Waals surface area contributed by atoms with Crippen LogP contribution in [0.2, 0.25) is 0 Å². The van der Waals surface area contributed by atoms with E-state index in [0.717, 1.165) is 35.9 Å². The number of carbonyl (C=O) groups is 1. The molecule has 0 spiro atoms. The molecule has 0 saturated carbocycles. The van der Waals surface area contributed by atoms with E-state index in [1.165, 1.54) is 11.8 Å². The van der Waals surface area contributed by atoms with Crippen LogP contribution in [0.4, 0.5) is 0 Å². The van der Waals surface area contributed by atoms with Gasteiger partial charge in [-0.25, -0.2) is 0 Å². The first-order chi connectivity index (χ1) is 11.3. The normalized spacial score (nSPS) is 10.5. The van der Waals surface area contributed by atoms with Crippen molar-refractivity contribution in [2.75, 3.05) is 12.3 Å². The molecule has 1 aromatic heterocycles. The topological polar surface area (TPSA) is 59.8 Å². The summed E-state index contributed by atoms with van der Waals surface area (Å²) < 4.78 is 1.98. The summed E-state index contributed by atoms with van der Waals surface area (Å²) >= 11 is 1.40. The molecular weight excluding hydrogens is 308 g/mol. The van der Waals surface area contributed by atoms with Crippen LogP contribution >= 0.6 is 11.8 Å². The molecule has 0 fully saturated rings. The molecule has 2 rings (SSSR count). The molecule has 5 nitrogen and oxygen atoms in total. The van der Waals surface area contributed by atoms with Crippen LogP contribution in [0.15, 0.2) is 48.1 Å². The van der Waals surface area contributed by atoms with Crippen LogP contribution in [0.25, 0.3) is 11.4 Å². The smallest absolute Gasteiger partial charge is 0.230 e. The zero-order chi connectivity index (χ0) is 16.5. The van der Waals surface area contributed by atoms with Gasteiger partial charge in [-0.05, 0) is 6.42 Å². The van der Waals surface area contributed by atoms with Gasteiger partial charge in [-0.3, -0.25) is 9.36 Å². The number of carbonyl (C=O) groups excluding carboxylic acids is 1. The van der Waals surface area contributed by atoms with Crippen LogP contribution < -0.4 is 5.32 Å². The first-order valence-corrected chi connectivity index (χ1v) is 8.73. The minimum absolute atomic E-state index is 0.0258. The van der Waals surface area contributed by atoms with Crippen molar-refractivity contribution in [2.45, 2.75) is 31.5 Å². The molecule has 1 amide bonds. The van der Waals surface area contributed by atoms with Gasteiger partial charge >= 0.3 is 0 Å². The second-order valence-corrected chi connectivity index (χ2v) is 6.01. The Morgan fingerprint density at radius 2 is 2.13 bits per heavy atom. The van der Waals surface area contributed by atoms with Crippen molar-refractivity contribution in [1.82, 2.24) is 20.1 Å². The number of hydrogen-bond donors (Lipinski definition) is 1. The number of rotatable bonds is 9. The van der Waals surface area contributed by atoms with Gasteiger partial charge in [-0.15, -0.1) is 16.8 Å². The summed E-state index contributed by atoms with van der Waals surface area (Å²) in [5, 5.41) is 12.1. The average Bonchev–Trinajstić information content (AvgIpc) is 2.97. The van der Waals surface area contributed by atoms with E-state index in [1.54, 1.807) is 6.08 Å². The third-order valence-electron chi connectivity index (χ3n) is 3.25. The number of allylic oxidation sites excluding steroid dienone is 1. The Hall–Kier alpha value is -2.08. The molecule has 6 heteroatoms. The SMILES string of the molecule is C=CCn1c(SCC(=O)NCCCC)nnc1-c1ccccc1.